The molecule has 1 aromatic heterocycles. The largest absolute Gasteiger partial charge is 0.497 e. The maximum atomic E-state index is 5.19. The molecule has 116 valence electrons. The molecule has 0 aliphatic carbocycles. The van der Waals surface area contributed by atoms with Crippen molar-refractivity contribution in [3.8, 4) is 17.0 Å². The number of anilines is 1. The third-order valence-electron chi connectivity index (χ3n) is 3.11. The number of hydrazone groups is 1. The fourth-order valence-corrected chi connectivity index (χ4v) is 2.99. The Morgan fingerprint density at radius 3 is 2.83 bits per heavy atom. The van der Waals surface area contributed by atoms with Crippen LogP contribution in [0.15, 0.2) is 59.0 Å². The van der Waals surface area contributed by atoms with E-state index in [0.29, 0.717) is 0 Å². The lowest BCUT2D eigenvalue weighted by atomic mass is 10.2. The molecule has 0 aliphatic heterocycles. The van der Waals surface area contributed by atoms with Crippen molar-refractivity contribution in [2.75, 3.05) is 12.5 Å². The molecule has 23 heavy (non-hydrogen) atoms. The zero-order chi connectivity index (χ0) is 16.1. The number of thiazole rings is 1. The highest BCUT2D eigenvalue weighted by Crippen LogP contribution is 2.25. The van der Waals surface area contributed by atoms with Gasteiger partial charge in [-0.2, -0.15) is 5.10 Å². The van der Waals surface area contributed by atoms with Crippen LogP contribution in [0, 0.1) is 3.57 Å². The predicted molar refractivity (Wildman–Crippen MR) is 104 cm³/mol. The second-order valence-electron chi connectivity index (χ2n) is 4.69. The second kappa shape index (κ2) is 7.56. The molecular weight excluding hydrogens is 421 g/mol. The summed E-state index contributed by atoms with van der Waals surface area (Å²) in [6.07, 6.45) is 1.74. The lowest BCUT2D eigenvalue weighted by Gasteiger charge is -1.99. The van der Waals surface area contributed by atoms with Gasteiger partial charge in [0.1, 0.15) is 5.75 Å². The summed E-state index contributed by atoms with van der Waals surface area (Å²) in [5.74, 6) is 0.809. The smallest absolute Gasteiger partial charge is 0.203 e. The van der Waals surface area contributed by atoms with Crippen LogP contribution in [-0.4, -0.2) is 18.3 Å². The van der Waals surface area contributed by atoms with Gasteiger partial charge in [0.25, 0.3) is 0 Å². The van der Waals surface area contributed by atoms with E-state index in [1.165, 1.54) is 14.9 Å². The molecule has 1 N–H and O–H groups in total. The molecule has 0 aliphatic rings. The number of nitrogens with zero attached hydrogens (tertiary/aromatic N) is 2. The van der Waals surface area contributed by atoms with Crippen LogP contribution >= 0.6 is 33.9 Å². The molecule has 2 aromatic carbocycles. The molecular formula is C17H14IN3OS. The van der Waals surface area contributed by atoms with E-state index < -0.39 is 0 Å². The van der Waals surface area contributed by atoms with Gasteiger partial charge in [0.15, 0.2) is 0 Å². The van der Waals surface area contributed by atoms with Crippen LogP contribution in [0.4, 0.5) is 5.13 Å². The zero-order valence-corrected chi connectivity index (χ0v) is 15.3. The van der Waals surface area contributed by atoms with Crippen LogP contribution in [0.5, 0.6) is 5.75 Å². The Balaban J connectivity index is 1.67. The number of aromatic nitrogens is 1. The average molecular weight is 435 g/mol. The number of hydrogen-bond donors (Lipinski definition) is 1. The van der Waals surface area contributed by atoms with Crippen LogP contribution in [0.25, 0.3) is 11.3 Å². The van der Waals surface area contributed by atoms with Crippen molar-refractivity contribution < 1.29 is 4.74 Å². The molecule has 3 rings (SSSR count). The molecule has 0 bridgehead atoms. The number of ether oxygens (including phenoxy) is 1. The summed E-state index contributed by atoms with van der Waals surface area (Å²) in [6.45, 7) is 0. The van der Waals surface area contributed by atoms with Gasteiger partial charge in [-0.1, -0.05) is 24.3 Å². The second-order valence-corrected chi connectivity index (χ2v) is 6.80. The molecule has 0 radical (unpaired) electrons. The number of hydrogen-bond acceptors (Lipinski definition) is 5. The highest BCUT2D eigenvalue weighted by atomic mass is 127. The molecule has 0 unspecified atom stereocenters. The summed E-state index contributed by atoms with van der Waals surface area (Å²) >= 11 is 3.82. The number of benzene rings is 2. The minimum absolute atomic E-state index is 0.762. The van der Waals surface area contributed by atoms with Crippen molar-refractivity contribution in [1.82, 2.24) is 4.98 Å². The molecule has 3 aromatic rings. The molecule has 0 saturated carbocycles. The standard InChI is InChI=1S/C17H14IN3OS/c1-22-15-4-2-3-12(9-15)10-19-21-17-20-16(11-23-17)13-5-7-14(18)8-6-13/h2-11H,1H3,(H,20,21). The third-order valence-corrected chi connectivity index (χ3v) is 4.58. The van der Waals surface area contributed by atoms with E-state index in [-0.39, 0.29) is 0 Å². The maximum Gasteiger partial charge on any atom is 0.203 e. The SMILES string of the molecule is COc1cccc(C=NNc2nc(-c3ccc(I)cc3)cs2)c1. The Labute approximate surface area is 152 Å². The Hall–Kier alpha value is -1.93. The first-order valence-electron chi connectivity index (χ1n) is 6.89. The van der Waals surface area contributed by atoms with Crippen molar-refractivity contribution in [1.29, 1.82) is 0 Å². The van der Waals surface area contributed by atoms with Crippen molar-refractivity contribution in [3.05, 3.63) is 63.0 Å². The molecule has 0 atom stereocenters. The molecule has 4 nitrogen and oxygen atoms in total. The highest BCUT2D eigenvalue weighted by molar-refractivity contribution is 14.1. The number of nitrogens with one attached hydrogen (secondary N) is 1. The van der Waals surface area contributed by atoms with E-state index in [0.717, 1.165) is 27.7 Å². The molecule has 0 saturated heterocycles. The highest BCUT2D eigenvalue weighted by Gasteiger charge is 2.03. The summed E-state index contributed by atoms with van der Waals surface area (Å²) in [5, 5.41) is 7.01. The van der Waals surface area contributed by atoms with E-state index >= 15 is 0 Å². The van der Waals surface area contributed by atoms with E-state index in [9.17, 15) is 0 Å². The average Bonchev–Trinajstić information content (AvgIpc) is 3.04. The van der Waals surface area contributed by atoms with Crippen molar-refractivity contribution in [2.45, 2.75) is 0 Å². The molecule has 0 spiro atoms. The summed E-state index contributed by atoms with van der Waals surface area (Å²) in [6, 6.07) is 16.0. The van der Waals surface area contributed by atoms with Gasteiger partial charge in [0.2, 0.25) is 5.13 Å². The normalized spacial score (nSPS) is 10.9. The van der Waals surface area contributed by atoms with Crippen molar-refractivity contribution in [3.63, 3.8) is 0 Å². The first-order valence-corrected chi connectivity index (χ1v) is 8.85. The minimum atomic E-state index is 0.762. The lowest BCUT2D eigenvalue weighted by Crippen LogP contribution is -1.91. The quantitative estimate of drug-likeness (QED) is 0.354. The maximum absolute atomic E-state index is 5.19. The summed E-state index contributed by atoms with van der Waals surface area (Å²) in [7, 11) is 1.65. The van der Waals surface area contributed by atoms with Gasteiger partial charge in [-0.15, -0.1) is 11.3 Å². The molecule has 6 heteroatoms. The van der Waals surface area contributed by atoms with Gasteiger partial charge in [-0.25, -0.2) is 4.98 Å². The van der Waals surface area contributed by atoms with Crippen molar-refractivity contribution in [2.24, 2.45) is 5.10 Å². The van der Waals surface area contributed by atoms with Gasteiger partial charge in [-0.3, -0.25) is 5.43 Å². The minimum Gasteiger partial charge on any atom is -0.497 e. The van der Waals surface area contributed by atoms with Crippen LogP contribution in [0.1, 0.15) is 5.56 Å². The summed E-state index contributed by atoms with van der Waals surface area (Å²) in [4.78, 5) is 4.54. The topological polar surface area (TPSA) is 46.5 Å². The first kappa shape index (κ1) is 15.9. The monoisotopic (exact) mass is 435 g/mol. The van der Waals surface area contributed by atoms with E-state index in [1.807, 2.05) is 29.6 Å². The number of methoxy groups -OCH3 is 1. The van der Waals surface area contributed by atoms with Gasteiger partial charge in [0.05, 0.1) is 19.0 Å². The van der Waals surface area contributed by atoms with Crippen LogP contribution in [0.2, 0.25) is 0 Å². The van der Waals surface area contributed by atoms with Crippen LogP contribution < -0.4 is 10.2 Å². The third kappa shape index (κ3) is 4.29. The Bertz CT molecular complexity index is 815. The Morgan fingerprint density at radius 2 is 2.04 bits per heavy atom. The summed E-state index contributed by atoms with van der Waals surface area (Å²) in [5.41, 5.74) is 5.98. The van der Waals surface area contributed by atoms with Gasteiger partial charge in [-0.05, 0) is 52.4 Å². The fourth-order valence-electron chi connectivity index (χ4n) is 1.96. The van der Waals surface area contributed by atoms with Crippen LogP contribution in [-0.2, 0) is 0 Å². The number of halogens is 1. The van der Waals surface area contributed by atoms with Gasteiger partial charge >= 0.3 is 0 Å². The molecule has 0 amide bonds. The van der Waals surface area contributed by atoms with E-state index in [1.54, 1.807) is 13.3 Å². The lowest BCUT2D eigenvalue weighted by molar-refractivity contribution is 0.415. The van der Waals surface area contributed by atoms with Crippen LogP contribution in [0.3, 0.4) is 0 Å². The number of rotatable bonds is 5. The van der Waals surface area contributed by atoms with Gasteiger partial charge in [0, 0.05) is 14.5 Å². The van der Waals surface area contributed by atoms with Gasteiger partial charge < -0.3 is 4.74 Å². The Kier molecular flexibility index (Phi) is 5.24. The Morgan fingerprint density at radius 1 is 1.22 bits per heavy atom. The summed E-state index contributed by atoms with van der Waals surface area (Å²) < 4.78 is 6.40. The van der Waals surface area contributed by atoms with E-state index in [2.05, 4.69) is 62.4 Å². The van der Waals surface area contributed by atoms with E-state index in [4.69, 9.17) is 4.74 Å². The zero-order valence-electron chi connectivity index (χ0n) is 12.4. The van der Waals surface area contributed by atoms with Crippen molar-refractivity contribution >= 4 is 45.3 Å². The molecule has 1 heterocycles. The predicted octanol–water partition coefficient (Wildman–Crippen LogP) is 4.87. The fraction of sp³-hybridized carbons (Fsp3) is 0.0588. The first-order chi connectivity index (χ1) is 11.2. The molecule has 0 fully saturated rings.